The van der Waals surface area contributed by atoms with Gasteiger partial charge in [0, 0.05) is 0 Å². The molecule has 0 spiro atoms. The van der Waals surface area contributed by atoms with E-state index in [2.05, 4.69) is 0 Å². The Morgan fingerprint density at radius 1 is 1.11 bits per heavy atom. The summed E-state index contributed by atoms with van der Waals surface area (Å²) in [5.74, 6) is -0.462. The molecule has 102 valence electrons. The number of hydrogen-bond donors (Lipinski definition) is 0. The fraction of sp³-hybridized carbons (Fsp3) is 0.429. The van der Waals surface area contributed by atoms with Crippen LogP contribution in [0.3, 0.4) is 0 Å². The van der Waals surface area contributed by atoms with E-state index in [0.29, 0.717) is 24.2 Å². The molecule has 19 heavy (non-hydrogen) atoms. The molecule has 0 fully saturated rings. The zero-order valence-electron chi connectivity index (χ0n) is 11.2. The van der Waals surface area contributed by atoms with Crippen LogP contribution in [0.1, 0.15) is 17.5 Å². The van der Waals surface area contributed by atoms with Crippen LogP contribution in [0.2, 0.25) is 0 Å². The molecule has 0 atom stereocenters. The SMILES string of the molecule is COC(=O)C1(C(=O)OC)CCc2cc(OC)ccc21. The molecule has 0 heterocycles. The minimum absolute atomic E-state index is 0.356. The molecule has 0 unspecified atom stereocenters. The molecule has 5 nitrogen and oxygen atoms in total. The van der Waals surface area contributed by atoms with Crippen LogP contribution >= 0.6 is 0 Å². The maximum atomic E-state index is 12.1. The Kier molecular flexibility index (Phi) is 3.46. The van der Waals surface area contributed by atoms with E-state index in [1.54, 1.807) is 19.2 Å². The normalized spacial score (nSPS) is 15.5. The number of rotatable bonds is 3. The maximum Gasteiger partial charge on any atom is 0.327 e. The molecule has 1 aromatic rings. The first kappa shape index (κ1) is 13.4. The van der Waals surface area contributed by atoms with Crippen molar-refractivity contribution in [3.63, 3.8) is 0 Å². The molecule has 1 aliphatic carbocycles. The van der Waals surface area contributed by atoms with Crippen LogP contribution in [0.25, 0.3) is 0 Å². The molecule has 0 saturated heterocycles. The van der Waals surface area contributed by atoms with Gasteiger partial charge in [0.05, 0.1) is 21.3 Å². The summed E-state index contributed by atoms with van der Waals surface area (Å²) in [6.45, 7) is 0. The molecule has 1 aromatic carbocycles. The van der Waals surface area contributed by atoms with Gasteiger partial charge < -0.3 is 14.2 Å². The Morgan fingerprint density at radius 2 is 1.74 bits per heavy atom. The van der Waals surface area contributed by atoms with Gasteiger partial charge in [0.1, 0.15) is 5.75 Å². The minimum atomic E-state index is -1.34. The average Bonchev–Trinajstić information content (AvgIpc) is 2.85. The lowest BCUT2D eigenvalue weighted by Crippen LogP contribution is -2.43. The number of esters is 2. The Hall–Kier alpha value is -2.04. The quantitative estimate of drug-likeness (QED) is 0.607. The topological polar surface area (TPSA) is 61.8 Å². The minimum Gasteiger partial charge on any atom is -0.497 e. The first-order valence-corrected chi connectivity index (χ1v) is 5.94. The van der Waals surface area contributed by atoms with E-state index in [1.165, 1.54) is 14.2 Å². The number of carbonyl (C=O) groups excluding carboxylic acids is 2. The third kappa shape index (κ3) is 1.85. The molecule has 5 heteroatoms. The number of hydrogen-bond acceptors (Lipinski definition) is 5. The second-order valence-corrected chi connectivity index (χ2v) is 4.41. The lowest BCUT2D eigenvalue weighted by Gasteiger charge is -2.24. The fourth-order valence-corrected chi connectivity index (χ4v) is 2.63. The number of carbonyl (C=O) groups is 2. The van der Waals surface area contributed by atoms with Crippen LogP contribution in [-0.4, -0.2) is 33.3 Å². The van der Waals surface area contributed by atoms with Crippen LogP contribution < -0.4 is 4.74 Å². The second kappa shape index (κ2) is 4.91. The lowest BCUT2D eigenvalue weighted by molar-refractivity contribution is -0.161. The monoisotopic (exact) mass is 264 g/mol. The van der Waals surface area contributed by atoms with Crippen molar-refractivity contribution >= 4 is 11.9 Å². The first-order chi connectivity index (χ1) is 9.09. The van der Waals surface area contributed by atoms with Gasteiger partial charge >= 0.3 is 11.9 Å². The molecule has 1 aliphatic rings. The first-order valence-electron chi connectivity index (χ1n) is 5.94. The van der Waals surface area contributed by atoms with Crippen molar-refractivity contribution in [1.29, 1.82) is 0 Å². The highest BCUT2D eigenvalue weighted by molar-refractivity contribution is 6.07. The summed E-state index contributed by atoms with van der Waals surface area (Å²) in [6, 6.07) is 5.29. The Morgan fingerprint density at radius 3 is 2.26 bits per heavy atom. The van der Waals surface area contributed by atoms with Crippen LogP contribution in [0.4, 0.5) is 0 Å². The van der Waals surface area contributed by atoms with Gasteiger partial charge in [0.2, 0.25) is 0 Å². The van der Waals surface area contributed by atoms with Crippen LogP contribution in [0.5, 0.6) is 5.75 Å². The molecule has 0 saturated carbocycles. The number of fused-ring (bicyclic) bond motifs is 1. The van der Waals surface area contributed by atoms with E-state index in [9.17, 15) is 9.59 Å². The molecule has 0 N–H and O–H groups in total. The van der Waals surface area contributed by atoms with Crippen LogP contribution in [0, 0.1) is 0 Å². The summed E-state index contributed by atoms with van der Waals surface area (Å²) < 4.78 is 14.8. The Labute approximate surface area is 111 Å². The molecule has 0 bridgehead atoms. The second-order valence-electron chi connectivity index (χ2n) is 4.41. The van der Waals surface area contributed by atoms with Crippen molar-refractivity contribution in [3.05, 3.63) is 29.3 Å². The van der Waals surface area contributed by atoms with Gasteiger partial charge in [-0.05, 0) is 36.1 Å². The van der Waals surface area contributed by atoms with Gasteiger partial charge in [-0.1, -0.05) is 6.07 Å². The van der Waals surface area contributed by atoms with Gasteiger partial charge in [-0.15, -0.1) is 0 Å². The molecular formula is C14H16O5. The highest BCUT2D eigenvalue weighted by Gasteiger charge is 2.54. The summed E-state index contributed by atoms with van der Waals surface area (Å²) in [5.41, 5.74) is 0.215. The highest BCUT2D eigenvalue weighted by Crippen LogP contribution is 2.42. The van der Waals surface area contributed by atoms with Crippen LogP contribution in [-0.2, 0) is 30.9 Å². The zero-order chi connectivity index (χ0) is 14.0. The molecule has 0 aromatic heterocycles. The number of benzene rings is 1. The van der Waals surface area contributed by atoms with Crippen molar-refractivity contribution < 1.29 is 23.8 Å². The van der Waals surface area contributed by atoms with Gasteiger partial charge in [0.15, 0.2) is 5.41 Å². The standard InChI is InChI=1S/C14H16O5/c1-17-10-4-5-11-9(8-10)6-7-14(11,12(15)18-2)13(16)19-3/h4-5,8H,6-7H2,1-3H3. The Balaban J connectivity index is 2.57. The maximum absolute atomic E-state index is 12.1. The van der Waals surface area contributed by atoms with E-state index in [1.807, 2.05) is 6.07 Å². The summed E-state index contributed by atoms with van der Waals surface area (Å²) in [5, 5.41) is 0. The van der Waals surface area contributed by atoms with Crippen molar-refractivity contribution in [2.24, 2.45) is 0 Å². The lowest BCUT2D eigenvalue weighted by atomic mass is 9.82. The predicted octanol–water partition coefficient (Wildman–Crippen LogP) is 1.23. The van der Waals surface area contributed by atoms with Gasteiger partial charge in [-0.2, -0.15) is 0 Å². The molecule has 2 rings (SSSR count). The molecule has 0 aliphatic heterocycles. The van der Waals surface area contributed by atoms with Gasteiger partial charge in [0.25, 0.3) is 0 Å². The average molecular weight is 264 g/mol. The van der Waals surface area contributed by atoms with E-state index >= 15 is 0 Å². The van der Waals surface area contributed by atoms with Crippen LogP contribution in [0.15, 0.2) is 18.2 Å². The predicted molar refractivity (Wildman–Crippen MR) is 67.0 cm³/mol. The zero-order valence-corrected chi connectivity index (χ0v) is 11.2. The van der Waals surface area contributed by atoms with E-state index in [4.69, 9.17) is 14.2 Å². The number of methoxy groups -OCH3 is 3. The van der Waals surface area contributed by atoms with E-state index in [-0.39, 0.29) is 0 Å². The van der Waals surface area contributed by atoms with E-state index in [0.717, 1.165) is 5.56 Å². The number of aryl methyl sites for hydroxylation is 1. The highest BCUT2D eigenvalue weighted by atomic mass is 16.5. The van der Waals surface area contributed by atoms with E-state index < -0.39 is 17.4 Å². The van der Waals surface area contributed by atoms with Crippen molar-refractivity contribution in [2.75, 3.05) is 21.3 Å². The third-order valence-electron chi connectivity index (χ3n) is 3.61. The van der Waals surface area contributed by atoms with Gasteiger partial charge in [-0.3, -0.25) is 9.59 Å². The molecule has 0 radical (unpaired) electrons. The summed E-state index contributed by atoms with van der Waals surface area (Å²) in [7, 11) is 4.12. The largest absolute Gasteiger partial charge is 0.497 e. The molecule has 0 amide bonds. The van der Waals surface area contributed by atoms with Gasteiger partial charge in [-0.25, -0.2) is 0 Å². The molecular weight excluding hydrogens is 248 g/mol. The number of ether oxygens (including phenoxy) is 3. The summed E-state index contributed by atoms with van der Waals surface area (Å²) in [6.07, 6.45) is 0.964. The van der Waals surface area contributed by atoms with Crippen molar-refractivity contribution in [1.82, 2.24) is 0 Å². The summed E-state index contributed by atoms with van der Waals surface area (Å²) in [4.78, 5) is 24.2. The van der Waals surface area contributed by atoms with Crippen molar-refractivity contribution in [3.8, 4) is 5.75 Å². The summed E-state index contributed by atoms with van der Waals surface area (Å²) >= 11 is 0. The Bertz CT molecular complexity index is 505. The van der Waals surface area contributed by atoms with Crippen molar-refractivity contribution in [2.45, 2.75) is 18.3 Å². The smallest absolute Gasteiger partial charge is 0.327 e. The third-order valence-corrected chi connectivity index (χ3v) is 3.61. The fourth-order valence-electron chi connectivity index (χ4n) is 2.63.